The lowest BCUT2D eigenvalue weighted by Gasteiger charge is -2.35. The van der Waals surface area contributed by atoms with Crippen molar-refractivity contribution in [3.05, 3.63) is 24.0 Å². The molecule has 0 radical (unpaired) electrons. The number of anilines is 1. The van der Waals surface area contributed by atoms with Crippen molar-refractivity contribution in [1.82, 2.24) is 15.2 Å². The lowest BCUT2D eigenvalue weighted by Crippen LogP contribution is -2.49. The molecule has 0 aromatic carbocycles. The topological polar surface area (TPSA) is 71.2 Å². The third kappa shape index (κ3) is 2.98. The van der Waals surface area contributed by atoms with Crippen LogP contribution in [-0.4, -0.2) is 42.0 Å². The van der Waals surface area contributed by atoms with E-state index in [9.17, 15) is 4.79 Å². The van der Waals surface area contributed by atoms with Crippen molar-refractivity contribution in [3.8, 4) is 0 Å². The van der Waals surface area contributed by atoms with E-state index in [1.165, 1.54) is 0 Å². The molecule has 3 N–H and O–H groups in total. The first kappa shape index (κ1) is 12.8. The van der Waals surface area contributed by atoms with Crippen molar-refractivity contribution in [1.29, 1.82) is 0 Å². The second kappa shape index (κ2) is 5.35. The second-order valence-electron chi connectivity index (χ2n) is 5.08. The maximum absolute atomic E-state index is 12.0. The molecule has 5 heteroatoms. The first-order valence-corrected chi connectivity index (χ1v) is 6.27. The van der Waals surface area contributed by atoms with Crippen LogP contribution < -0.4 is 11.1 Å². The van der Waals surface area contributed by atoms with Crippen LogP contribution in [0.5, 0.6) is 0 Å². The third-order valence-corrected chi connectivity index (χ3v) is 3.44. The molecule has 1 aliphatic rings. The lowest BCUT2D eigenvalue weighted by molar-refractivity contribution is 0.0879. The zero-order valence-electron chi connectivity index (χ0n) is 10.9. The van der Waals surface area contributed by atoms with Gasteiger partial charge in [-0.05, 0) is 38.1 Å². The van der Waals surface area contributed by atoms with Gasteiger partial charge in [-0.1, -0.05) is 6.92 Å². The van der Waals surface area contributed by atoms with Crippen molar-refractivity contribution in [2.45, 2.75) is 19.4 Å². The summed E-state index contributed by atoms with van der Waals surface area (Å²) >= 11 is 0. The Labute approximate surface area is 107 Å². The number of nitrogens with two attached hydrogens (primary N) is 1. The van der Waals surface area contributed by atoms with E-state index in [4.69, 9.17) is 5.73 Å². The van der Waals surface area contributed by atoms with Gasteiger partial charge in [0.2, 0.25) is 0 Å². The number of hydrogen-bond donors (Lipinski definition) is 2. The van der Waals surface area contributed by atoms with E-state index >= 15 is 0 Å². The van der Waals surface area contributed by atoms with Crippen molar-refractivity contribution in [3.63, 3.8) is 0 Å². The number of aromatic nitrogens is 1. The Morgan fingerprint density at radius 1 is 1.61 bits per heavy atom. The normalized spacial score (nSPS) is 24.8. The standard InChI is InChI=1S/C13H20N4O/c1-9-8-17(2)6-4-11(9)16-13(18)12-7-10(14)3-5-15-12/h3,5,7,9,11H,4,6,8H2,1-2H3,(H2,14,15)(H,16,18). The first-order chi connectivity index (χ1) is 8.56. The Morgan fingerprint density at radius 2 is 2.39 bits per heavy atom. The Hall–Kier alpha value is -1.62. The number of piperidine rings is 1. The van der Waals surface area contributed by atoms with Gasteiger partial charge in [0.25, 0.3) is 5.91 Å². The highest BCUT2D eigenvalue weighted by Gasteiger charge is 2.26. The van der Waals surface area contributed by atoms with Gasteiger partial charge in [0.1, 0.15) is 5.69 Å². The van der Waals surface area contributed by atoms with Crippen LogP contribution in [0.2, 0.25) is 0 Å². The quantitative estimate of drug-likeness (QED) is 0.809. The van der Waals surface area contributed by atoms with Crippen LogP contribution in [-0.2, 0) is 0 Å². The molecule has 0 aliphatic carbocycles. The van der Waals surface area contributed by atoms with Crippen molar-refractivity contribution in [2.24, 2.45) is 5.92 Å². The summed E-state index contributed by atoms with van der Waals surface area (Å²) < 4.78 is 0. The molecule has 0 bridgehead atoms. The summed E-state index contributed by atoms with van der Waals surface area (Å²) in [6.07, 6.45) is 2.54. The average molecular weight is 248 g/mol. The second-order valence-corrected chi connectivity index (χ2v) is 5.08. The summed E-state index contributed by atoms with van der Waals surface area (Å²) in [5, 5.41) is 3.05. The molecule has 2 atom stereocenters. The Balaban J connectivity index is 1.99. The molecule has 0 saturated carbocycles. The number of likely N-dealkylation sites (tertiary alicyclic amines) is 1. The van der Waals surface area contributed by atoms with Gasteiger partial charge in [-0.15, -0.1) is 0 Å². The summed E-state index contributed by atoms with van der Waals surface area (Å²) in [6, 6.07) is 3.50. The fourth-order valence-electron chi connectivity index (χ4n) is 2.38. The zero-order chi connectivity index (χ0) is 13.1. The number of amides is 1. The van der Waals surface area contributed by atoms with Gasteiger partial charge in [0.05, 0.1) is 0 Å². The largest absolute Gasteiger partial charge is 0.399 e. The molecule has 2 unspecified atom stereocenters. The first-order valence-electron chi connectivity index (χ1n) is 6.27. The molecule has 98 valence electrons. The van der Waals surface area contributed by atoms with Gasteiger partial charge in [0.15, 0.2) is 0 Å². The fraction of sp³-hybridized carbons (Fsp3) is 0.538. The molecular formula is C13H20N4O. The Morgan fingerprint density at radius 3 is 3.06 bits per heavy atom. The monoisotopic (exact) mass is 248 g/mol. The number of hydrogen-bond acceptors (Lipinski definition) is 4. The highest BCUT2D eigenvalue weighted by atomic mass is 16.1. The molecule has 1 aromatic rings. The van der Waals surface area contributed by atoms with Gasteiger partial charge in [0, 0.05) is 24.5 Å². The van der Waals surface area contributed by atoms with E-state index in [0.717, 1.165) is 19.5 Å². The van der Waals surface area contributed by atoms with Crippen LogP contribution in [0.3, 0.4) is 0 Å². The highest BCUT2D eigenvalue weighted by Crippen LogP contribution is 2.16. The van der Waals surface area contributed by atoms with Gasteiger partial charge < -0.3 is 16.0 Å². The Kier molecular flexibility index (Phi) is 3.81. The molecule has 1 fully saturated rings. The van der Waals surface area contributed by atoms with E-state index in [1.54, 1.807) is 18.3 Å². The van der Waals surface area contributed by atoms with Gasteiger partial charge in [-0.25, -0.2) is 0 Å². The summed E-state index contributed by atoms with van der Waals surface area (Å²) in [5.41, 5.74) is 6.60. The van der Waals surface area contributed by atoms with E-state index in [-0.39, 0.29) is 11.9 Å². The molecule has 1 aliphatic heterocycles. The van der Waals surface area contributed by atoms with Crippen molar-refractivity contribution in [2.75, 3.05) is 25.9 Å². The fourth-order valence-corrected chi connectivity index (χ4v) is 2.38. The predicted octanol–water partition coefficient (Wildman–Crippen LogP) is 0.734. The maximum atomic E-state index is 12.0. The third-order valence-electron chi connectivity index (χ3n) is 3.44. The average Bonchev–Trinajstić information content (AvgIpc) is 2.32. The number of nitrogens with zero attached hydrogens (tertiary/aromatic N) is 2. The SMILES string of the molecule is CC1CN(C)CCC1NC(=O)c1cc(N)ccn1. The Bertz CT molecular complexity index is 435. The van der Waals surface area contributed by atoms with Gasteiger partial charge in [-0.3, -0.25) is 9.78 Å². The minimum atomic E-state index is -0.135. The number of carbonyl (C=O) groups excluding carboxylic acids is 1. The highest BCUT2D eigenvalue weighted by molar-refractivity contribution is 5.93. The number of nitrogens with one attached hydrogen (secondary N) is 1. The molecule has 2 rings (SSSR count). The van der Waals surface area contributed by atoms with E-state index in [1.807, 2.05) is 0 Å². The smallest absolute Gasteiger partial charge is 0.270 e. The lowest BCUT2D eigenvalue weighted by atomic mass is 9.94. The summed E-state index contributed by atoms with van der Waals surface area (Å²) in [5.74, 6) is 0.317. The van der Waals surface area contributed by atoms with Crippen LogP contribution in [0.15, 0.2) is 18.3 Å². The van der Waals surface area contributed by atoms with Crippen molar-refractivity contribution >= 4 is 11.6 Å². The number of nitrogen functional groups attached to an aromatic ring is 1. The molecule has 1 saturated heterocycles. The summed E-state index contributed by atoms with van der Waals surface area (Å²) in [4.78, 5) is 18.4. The minimum Gasteiger partial charge on any atom is -0.399 e. The number of pyridine rings is 1. The van der Waals surface area contributed by atoms with Gasteiger partial charge in [-0.2, -0.15) is 0 Å². The van der Waals surface area contributed by atoms with Crippen LogP contribution in [0.4, 0.5) is 5.69 Å². The zero-order valence-corrected chi connectivity index (χ0v) is 10.9. The molecule has 0 spiro atoms. The van der Waals surface area contributed by atoms with E-state index in [2.05, 4.69) is 29.2 Å². The van der Waals surface area contributed by atoms with Crippen molar-refractivity contribution < 1.29 is 4.79 Å². The predicted molar refractivity (Wildman–Crippen MR) is 71.2 cm³/mol. The van der Waals surface area contributed by atoms with Gasteiger partial charge >= 0.3 is 0 Å². The molecule has 1 amide bonds. The van der Waals surface area contributed by atoms with Crippen LogP contribution in [0.25, 0.3) is 0 Å². The van der Waals surface area contributed by atoms with Crippen LogP contribution in [0.1, 0.15) is 23.8 Å². The number of carbonyl (C=O) groups is 1. The summed E-state index contributed by atoms with van der Waals surface area (Å²) in [6.45, 7) is 4.18. The molecule has 1 aromatic heterocycles. The van der Waals surface area contributed by atoms with Crippen LogP contribution in [0, 0.1) is 5.92 Å². The molecule has 2 heterocycles. The molecule has 18 heavy (non-hydrogen) atoms. The maximum Gasteiger partial charge on any atom is 0.270 e. The molecule has 5 nitrogen and oxygen atoms in total. The minimum absolute atomic E-state index is 0.135. The molecular weight excluding hydrogens is 228 g/mol. The summed E-state index contributed by atoms with van der Waals surface area (Å²) in [7, 11) is 2.11. The van der Waals surface area contributed by atoms with E-state index < -0.39 is 0 Å². The van der Waals surface area contributed by atoms with E-state index in [0.29, 0.717) is 17.3 Å². The van der Waals surface area contributed by atoms with Crippen LogP contribution >= 0.6 is 0 Å². The number of rotatable bonds is 2.